The van der Waals surface area contributed by atoms with Crippen molar-refractivity contribution in [3.8, 4) is 5.75 Å². The predicted molar refractivity (Wildman–Crippen MR) is 64.3 cm³/mol. The summed E-state index contributed by atoms with van der Waals surface area (Å²) in [5, 5.41) is 0. The normalized spacial score (nSPS) is 12.6. The van der Waals surface area contributed by atoms with Crippen LogP contribution in [0.15, 0.2) is 18.2 Å². The van der Waals surface area contributed by atoms with Gasteiger partial charge in [0.15, 0.2) is 0 Å². The van der Waals surface area contributed by atoms with Crippen molar-refractivity contribution in [2.75, 3.05) is 7.11 Å². The van der Waals surface area contributed by atoms with Crippen LogP contribution in [0.25, 0.3) is 0 Å². The maximum Gasteiger partial charge on any atom is 0.119 e. The Kier molecular flexibility index (Phi) is 4.46. The van der Waals surface area contributed by atoms with Gasteiger partial charge in [-0.05, 0) is 36.6 Å². The molecule has 14 heavy (non-hydrogen) atoms. The monoisotopic (exact) mass is 256 g/mol. The summed E-state index contributed by atoms with van der Waals surface area (Å²) >= 11 is 3.70. The molecule has 1 aromatic rings. The van der Waals surface area contributed by atoms with Gasteiger partial charge in [-0.2, -0.15) is 0 Å². The van der Waals surface area contributed by atoms with Crippen molar-refractivity contribution in [3.63, 3.8) is 0 Å². The molecule has 2 heteroatoms. The Morgan fingerprint density at radius 1 is 1.43 bits per heavy atom. The van der Waals surface area contributed by atoms with Crippen LogP contribution >= 0.6 is 15.9 Å². The van der Waals surface area contributed by atoms with E-state index in [-0.39, 0.29) is 0 Å². The molecular formula is C12H17BrO. The van der Waals surface area contributed by atoms with Crippen molar-refractivity contribution in [2.24, 2.45) is 0 Å². The van der Waals surface area contributed by atoms with E-state index >= 15 is 0 Å². The second-order valence-corrected chi connectivity index (χ2v) is 4.58. The summed E-state index contributed by atoms with van der Waals surface area (Å²) in [7, 11) is 1.70. The van der Waals surface area contributed by atoms with E-state index in [2.05, 4.69) is 41.9 Å². The van der Waals surface area contributed by atoms with Gasteiger partial charge in [-0.3, -0.25) is 0 Å². The number of benzene rings is 1. The van der Waals surface area contributed by atoms with E-state index in [0.717, 1.165) is 5.75 Å². The smallest absolute Gasteiger partial charge is 0.119 e. The first-order chi connectivity index (χ1) is 6.69. The molecule has 0 N–H and O–H groups in total. The number of hydrogen-bond donors (Lipinski definition) is 0. The van der Waals surface area contributed by atoms with E-state index < -0.39 is 0 Å². The lowest BCUT2D eigenvalue weighted by atomic mass is 10.0. The number of rotatable bonds is 4. The Hall–Kier alpha value is -0.500. The molecule has 0 amide bonds. The van der Waals surface area contributed by atoms with Gasteiger partial charge < -0.3 is 4.74 Å². The Balaban J connectivity index is 2.88. The Labute approximate surface area is 94.6 Å². The van der Waals surface area contributed by atoms with Crippen LogP contribution in [-0.2, 0) is 0 Å². The van der Waals surface area contributed by atoms with Crippen molar-refractivity contribution in [1.29, 1.82) is 0 Å². The van der Waals surface area contributed by atoms with Gasteiger partial charge in [-0.15, -0.1) is 0 Å². The molecule has 0 fully saturated rings. The van der Waals surface area contributed by atoms with Crippen molar-refractivity contribution in [3.05, 3.63) is 29.3 Å². The van der Waals surface area contributed by atoms with Crippen molar-refractivity contribution in [2.45, 2.75) is 31.5 Å². The summed E-state index contributed by atoms with van der Waals surface area (Å²) in [6.07, 6.45) is 2.37. The Bertz CT molecular complexity index is 296. The lowest BCUT2D eigenvalue weighted by Crippen LogP contribution is -1.94. The summed E-state index contributed by atoms with van der Waals surface area (Å²) < 4.78 is 5.17. The van der Waals surface area contributed by atoms with Crippen LogP contribution in [0.5, 0.6) is 5.75 Å². The topological polar surface area (TPSA) is 9.23 Å². The summed E-state index contributed by atoms with van der Waals surface area (Å²) in [6, 6.07) is 6.24. The van der Waals surface area contributed by atoms with E-state index in [4.69, 9.17) is 4.74 Å². The first kappa shape index (κ1) is 11.6. The third-order valence-corrected chi connectivity index (χ3v) is 3.31. The lowest BCUT2D eigenvalue weighted by molar-refractivity contribution is 0.414. The molecule has 0 aliphatic heterocycles. The van der Waals surface area contributed by atoms with Gasteiger partial charge in [0.2, 0.25) is 0 Å². The Morgan fingerprint density at radius 3 is 2.64 bits per heavy atom. The quantitative estimate of drug-likeness (QED) is 0.733. The minimum Gasteiger partial charge on any atom is -0.497 e. The molecular weight excluding hydrogens is 240 g/mol. The highest BCUT2D eigenvalue weighted by Gasteiger charge is 2.09. The minimum absolute atomic E-state index is 0.471. The third kappa shape index (κ3) is 2.74. The van der Waals surface area contributed by atoms with Crippen LogP contribution in [0.3, 0.4) is 0 Å². The van der Waals surface area contributed by atoms with E-state index in [0.29, 0.717) is 4.83 Å². The van der Waals surface area contributed by atoms with Gasteiger partial charge in [-0.1, -0.05) is 35.3 Å². The molecule has 0 saturated carbocycles. The number of methoxy groups -OCH3 is 1. The molecule has 0 radical (unpaired) electrons. The molecule has 1 nitrogen and oxygen atoms in total. The SMILES string of the molecule is CCCC(Br)c1ccc(OC)cc1C. The van der Waals surface area contributed by atoms with Crippen LogP contribution < -0.4 is 4.74 Å². The molecule has 78 valence electrons. The number of hydrogen-bond acceptors (Lipinski definition) is 1. The standard InChI is InChI=1S/C12H17BrO/c1-4-5-12(13)11-7-6-10(14-3)8-9(11)2/h6-8,12H,4-5H2,1-3H3. The zero-order valence-electron chi connectivity index (χ0n) is 9.01. The van der Waals surface area contributed by atoms with E-state index in [9.17, 15) is 0 Å². The van der Waals surface area contributed by atoms with Crippen LogP contribution in [0, 0.1) is 6.92 Å². The maximum atomic E-state index is 5.17. The fourth-order valence-corrected chi connectivity index (χ4v) is 2.51. The second kappa shape index (κ2) is 5.40. The van der Waals surface area contributed by atoms with E-state index in [1.165, 1.54) is 24.0 Å². The van der Waals surface area contributed by atoms with Gasteiger partial charge in [0.25, 0.3) is 0 Å². The zero-order chi connectivity index (χ0) is 10.6. The molecule has 0 spiro atoms. The van der Waals surface area contributed by atoms with Crippen LogP contribution in [0.2, 0.25) is 0 Å². The highest BCUT2D eigenvalue weighted by Crippen LogP contribution is 2.31. The van der Waals surface area contributed by atoms with Crippen LogP contribution in [0.4, 0.5) is 0 Å². The number of aryl methyl sites for hydroxylation is 1. The first-order valence-corrected chi connectivity index (χ1v) is 5.89. The molecule has 1 atom stereocenters. The summed E-state index contributed by atoms with van der Waals surface area (Å²) in [5.74, 6) is 0.933. The van der Waals surface area contributed by atoms with Gasteiger partial charge in [-0.25, -0.2) is 0 Å². The second-order valence-electron chi connectivity index (χ2n) is 3.48. The van der Waals surface area contributed by atoms with Crippen molar-refractivity contribution >= 4 is 15.9 Å². The van der Waals surface area contributed by atoms with E-state index in [1.54, 1.807) is 7.11 Å². The minimum atomic E-state index is 0.471. The fraction of sp³-hybridized carbons (Fsp3) is 0.500. The molecule has 1 aromatic carbocycles. The highest BCUT2D eigenvalue weighted by molar-refractivity contribution is 9.09. The molecule has 0 aliphatic rings. The largest absolute Gasteiger partial charge is 0.497 e. The number of ether oxygens (including phenoxy) is 1. The van der Waals surface area contributed by atoms with Crippen LogP contribution in [-0.4, -0.2) is 7.11 Å². The average molecular weight is 257 g/mol. The number of alkyl halides is 1. The predicted octanol–water partition coefficient (Wildman–Crippen LogP) is 4.24. The third-order valence-electron chi connectivity index (χ3n) is 2.36. The average Bonchev–Trinajstić information content (AvgIpc) is 2.17. The molecule has 1 unspecified atom stereocenters. The summed E-state index contributed by atoms with van der Waals surface area (Å²) in [6.45, 7) is 4.33. The molecule has 1 rings (SSSR count). The summed E-state index contributed by atoms with van der Waals surface area (Å²) in [5.41, 5.74) is 2.66. The van der Waals surface area contributed by atoms with Crippen molar-refractivity contribution < 1.29 is 4.74 Å². The van der Waals surface area contributed by atoms with Crippen molar-refractivity contribution in [1.82, 2.24) is 0 Å². The Morgan fingerprint density at radius 2 is 2.14 bits per heavy atom. The maximum absolute atomic E-state index is 5.17. The molecule has 0 bridgehead atoms. The first-order valence-electron chi connectivity index (χ1n) is 4.97. The lowest BCUT2D eigenvalue weighted by Gasteiger charge is -2.13. The number of halogens is 1. The van der Waals surface area contributed by atoms with Crippen LogP contribution in [0.1, 0.15) is 35.7 Å². The highest BCUT2D eigenvalue weighted by atomic mass is 79.9. The summed E-state index contributed by atoms with van der Waals surface area (Å²) in [4.78, 5) is 0.471. The molecule has 0 aromatic heterocycles. The van der Waals surface area contributed by atoms with E-state index in [1.807, 2.05) is 6.07 Å². The zero-order valence-corrected chi connectivity index (χ0v) is 10.6. The van der Waals surface area contributed by atoms with Gasteiger partial charge in [0, 0.05) is 4.83 Å². The van der Waals surface area contributed by atoms with Gasteiger partial charge in [0.05, 0.1) is 7.11 Å². The van der Waals surface area contributed by atoms with Gasteiger partial charge >= 0.3 is 0 Å². The molecule has 0 saturated heterocycles. The van der Waals surface area contributed by atoms with Gasteiger partial charge in [0.1, 0.15) is 5.75 Å². The fourth-order valence-electron chi connectivity index (χ4n) is 1.54. The molecule has 0 aliphatic carbocycles. The molecule has 0 heterocycles.